The summed E-state index contributed by atoms with van der Waals surface area (Å²) in [5.74, 6) is 0.951. The summed E-state index contributed by atoms with van der Waals surface area (Å²) >= 11 is 0. The van der Waals surface area contributed by atoms with Crippen LogP contribution in [0.4, 0.5) is 0 Å². The molecule has 5 nitrogen and oxygen atoms in total. The molecule has 0 spiro atoms. The Morgan fingerprint density at radius 2 is 2.21 bits per heavy atom. The smallest absolute Gasteiger partial charge is 0.306 e. The van der Waals surface area contributed by atoms with Gasteiger partial charge in [-0.1, -0.05) is 6.07 Å². The van der Waals surface area contributed by atoms with Crippen molar-refractivity contribution in [3.8, 4) is 11.5 Å². The van der Waals surface area contributed by atoms with Crippen LogP contribution >= 0.6 is 0 Å². The summed E-state index contributed by atoms with van der Waals surface area (Å²) in [4.78, 5) is 10.7. The SMILES string of the molecule is COc1ccc(CNCC2CC2C(=O)O)c(OC)c1. The molecule has 0 amide bonds. The molecule has 2 rings (SSSR count). The molecular weight excluding hydrogens is 246 g/mol. The molecular formula is C14H19NO4. The normalized spacial score (nSPS) is 20.9. The molecule has 1 saturated carbocycles. The maximum absolute atomic E-state index is 10.7. The maximum atomic E-state index is 10.7. The van der Waals surface area contributed by atoms with Crippen LogP contribution in [0.3, 0.4) is 0 Å². The lowest BCUT2D eigenvalue weighted by atomic mass is 10.2. The fourth-order valence-electron chi connectivity index (χ4n) is 2.17. The molecule has 1 aromatic rings. The summed E-state index contributed by atoms with van der Waals surface area (Å²) in [5.41, 5.74) is 1.04. The molecule has 0 heterocycles. The molecule has 1 aromatic carbocycles. The van der Waals surface area contributed by atoms with Gasteiger partial charge >= 0.3 is 5.97 Å². The molecule has 0 saturated heterocycles. The predicted molar refractivity (Wildman–Crippen MR) is 70.5 cm³/mol. The first-order chi connectivity index (χ1) is 9.15. The van der Waals surface area contributed by atoms with Crippen LogP contribution in [0.1, 0.15) is 12.0 Å². The highest BCUT2D eigenvalue weighted by Crippen LogP contribution is 2.38. The van der Waals surface area contributed by atoms with E-state index in [1.165, 1.54) is 0 Å². The fraction of sp³-hybridized carbons (Fsp3) is 0.500. The molecule has 0 bridgehead atoms. The first-order valence-corrected chi connectivity index (χ1v) is 6.30. The van der Waals surface area contributed by atoms with Crippen LogP contribution in [0.2, 0.25) is 0 Å². The van der Waals surface area contributed by atoms with Gasteiger partial charge in [0.05, 0.1) is 20.1 Å². The zero-order valence-electron chi connectivity index (χ0n) is 11.2. The van der Waals surface area contributed by atoms with Gasteiger partial charge in [0, 0.05) is 18.2 Å². The lowest BCUT2D eigenvalue weighted by molar-refractivity contribution is -0.138. The van der Waals surface area contributed by atoms with Crippen molar-refractivity contribution in [1.29, 1.82) is 0 Å². The second-order valence-corrected chi connectivity index (χ2v) is 4.75. The summed E-state index contributed by atoms with van der Waals surface area (Å²) in [6.07, 6.45) is 0.780. The molecule has 5 heteroatoms. The van der Waals surface area contributed by atoms with Gasteiger partial charge in [-0.05, 0) is 24.9 Å². The van der Waals surface area contributed by atoms with Crippen LogP contribution in [-0.4, -0.2) is 31.8 Å². The van der Waals surface area contributed by atoms with E-state index in [1.807, 2.05) is 18.2 Å². The van der Waals surface area contributed by atoms with Crippen LogP contribution in [0.5, 0.6) is 11.5 Å². The van der Waals surface area contributed by atoms with Crippen molar-refractivity contribution in [3.63, 3.8) is 0 Å². The van der Waals surface area contributed by atoms with Crippen LogP contribution in [0, 0.1) is 11.8 Å². The monoisotopic (exact) mass is 265 g/mol. The van der Waals surface area contributed by atoms with E-state index in [0.29, 0.717) is 6.54 Å². The Balaban J connectivity index is 1.84. The highest BCUT2D eigenvalue weighted by Gasteiger charge is 2.42. The van der Waals surface area contributed by atoms with E-state index in [2.05, 4.69) is 5.32 Å². The lowest BCUT2D eigenvalue weighted by Crippen LogP contribution is -2.18. The van der Waals surface area contributed by atoms with Gasteiger partial charge in [-0.3, -0.25) is 4.79 Å². The standard InChI is InChI=1S/C14H19NO4/c1-18-11-4-3-9(13(6-11)19-2)7-15-8-10-5-12(10)14(16)17/h3-4,6,10,12,15H,5,7-8H2,1-2H3,(H,16,17). The largest absolute Gasteiger partial charge is 0.497 e. The Morgan fingerprint density at radius 1 is 1.42 bits per heavy atom. The first kappa shape index (κ1) is 13.7. The minimum absolute atomic E-state index is 0.162. The molecule has 0 aromatic heterocycles. The molecule has 104 valence electrons. The second kappa shape index (κ2) is 5.93. The average Bonchev–Trinajstić information content (AvgIpc) is 3.18. The molecule has 1 fully saturated rings. The number of carboxylic acids is 1. The van der Waals surface area contributed by atoms with E-state index in [0.717, 1.165) is 30.0 Å². The van der Waals surface area contributed by atoms with E-state index in [-0.39, 0.29) is 11.8 Å². The first-order valence-electron chi connectivity index (χ1n) is 6.30. The quantitative estimate of drug-likeness (QED) is 0.782. The van der Waals surface area contributed by atoms with Gasteiger partial charge in [0.25, 0.3) is 0 Å². The van der Waals surface area contributed by atoms with Crippen molar-refractivity contribution in [2.75, 3.05) is 20.8 Å². The molecule has 0 aliphatic heterocycles. The van der Waals surface area contributed by atoms with Crippen molar-refractivity contribution < 1.29 is 19.4 Å². The number of ether oxygens (including phenoxy) is 2. The third-order valence-electron chi connectivity index (χ3n) is 3.46. The number of carboxylic acid groups (broad SMARTS) is 1. The van der Waals surface area contributed by atoms with E-state index >= 15 is 0 Å². The summed E-state index contributed by atoms with van der Waals surface area (Å²) in [7, 11) is 3.24. The molecule has 1 aliphatic carbocycles. The number of methoxy groups -OCH3 is 2. The molecule has 1 aliphatic rings. The van der Waals surface area contributed by atoms with Crippen molar-refractivity contribution in [2.24, 2.45) is 11.8 Å². The lowest BCUT2D eigenvalue weighted by Gasteiger charge is -2.11. The highest BCUT2D eigenvalue weighted by molar-refractivity contribution is 5.73. The predicted octanol–water partition coefficient (Wildman–Crippen LogP) is 1.51. The fourth-order valence-corrected chi connectivity index (χ4v) is 2.17. The van der Waals surface area contributed by atoms with Crippen molar-refractivity contribution in [3.05, 3.63) is 23.8 Å². The van der Waals surface area contributed by atoms with Crippen molar-refractivity contribution >= 4 is 5.97 Å². The van der Waals surface area contributed by atoms with Gasteiger partial charge in [0.1, 0.15) is 11.5 Å². The van der Waals surface area contributed by atoms with E-state index in [4.69, 9.17) is 14.6 Å². The number of rotatable bonds is 7. The number of carbonyl (C=O) groups is 1. The van der Waals surface area contributed by atoms with Crippen LogP contribution < -0.4 is 14.8 Å². The van der Waals surface area contributed by atoms with Crippen molar-refractivity contribution in [1.82, 2.24) is 5.32 Å². The number of benzene rings is 1. The van der Waals surface area contributed by atoms with E-state index in [1.54, 1.807) is 14.2 Å². The average molecular weight is 265 g/mol. The molecule has 19 heavy (non-hydrogen) atoms. The number of aliphatic carboxylic acids is 1. The Hall–Kier alpha value is -1.75. The summed E-state index contributed by atoms with van der Waals surface area (Å²) in [5, 5.41) is 12.1. The number of hydrogen-bond donors (Lipinski definition) is 2. The van der Waals surface area contributed by atoms with E-state index in [9.17, 15) is 4.79 Å². The third-order valence-corrected chi connectivity index (χ3v) is 3.46. The summed E-state index contributed by atoms with van der Waals surface area (Å²) in [6, 6.07) is 5.68. The minimum atomic E-state index is -0.686. The number of hydrogen-bond acceptors (Lipinski definition) is 4. The Labute approximate surface area is 112 Å². The Bertz CT molecular complexity index is 461. The molecule has 2 N–H and O–H groups in total. The second-order valence-electron chi connectivity index (χ2n) is 4.75. The number of nitrogens with one attached hydrogen (secondary N) is 1. The highest BCUT2D eigenvalue weighted by atomic mass is 16.5. The molecule has 2 unspecified atom stereocenters. The van der Waals surface area contributed by atoms with Gasteiger partial charge in [-0.25, -0.2) is 0 Å². The van der Waals surface area contributed by atoms with Gasteiger partial charge in [-0.2, -0.15) is 0 Å². The summed E-state index contributed by atoms with van der Waals surface area (Å²) < 4.78 is 10.4. The maximum Gasteiger partial charge on any atom is 0.306 e. The third kappa shape index (κ3) is 3.38. The van der Waals surface area contributed by atoms with Crippen LogP contribution in [0.25, 0.3) is 0 Å². The van der Waals surface area contributed by atoms with Gasteiger partial charge in [0.2, 0.25) is 0 Å². The van der Waals surface area contributed by atoms with Gasteiger partial charge < -0.3 is 19.9 Å². The molecule has 0 radical (unpaired) electrons. The van der Waals surface area contributed by atoms with E-state index < -0.39 is 5.97 Å². The van der Waals surface area contributed by atoms with Crippen LogP contribution in [-0.2, 0) is 11.3 Å². The Morgan fingerprint density at radius 3 is 2.79 bits per heavy atom. The zero-order valence-corrected chi connectivity index (χ0v) is 11.2. The van der Waals surface area contributed by atoms with Gasteiger partial charge in [0.15, 0.2) is 0 Å². The molecule has 2 atom stereocenters. The summed E-state index contributed by atoms with van der Waals surface area (Å²) in [6.45, 7) is 1.39. The topological polar surface area (TPSA) is 67.8 Å². The van der Waals surface area contributed by atoms with Crippen LogP contribution in [0.15, 0.2) is 18.2 Å². The zero-order chi connectivity index (χ0) is 13.8. The minimum Gasteiger partial charge on any atom is -0.497 e. The van der Waals surface area contributed by atoms with Crippen molar-refractivity contribution in [2.45, 2.75) is 13.0 Å². The Kier molecular flexibility index (Phi) is 4.27. The van der Waals surface area contributed by atoms with Gasteiger partial charge in [-0.15, -0.1) is 0 Å².